The largest absolute Gasteiger partial charge is 0.355 e. The maximum absolute atomic E-state index is 4.70. The van der Waals surface area contributed by atoms with E-state index < -0.39 is 0 Å². The van der Waals surface area contributed by atoms with Crippen LogP contribution in [0.2, 0.25) is 0 Å². The van der Waals surface area contributed by atoms with Crippen LogP contribution in [0.15, 0.2) is 29.3 Å². The number of benzene rings is 1. The Balaban J connectivity index is 2.24. The monoisotopic (exact) mass is 172 g/mol. The summed E-state index contributed by atoms with van der Waals surface area (Å²) in [6.45, 7) is 1.17. The van der Waals surface area contributed by atoms with Gasteiger partial charge in [-0.05, 0) is 18.9 Å². The Morgan fingerprint density at radius 3 is 3.23 bits per heavy atom. The molecule has 1 saturated heterocycles. The molecular weight excluding hydrogens is 160 g/mol. The summed E-state index contributed by atoms with van der Waals surface area (Å²) in [6, 6.07) is 8.36. The lowest BCUT2D eigenvalue weighted by molar-refractivity contribution is 0.379. The van der Waals surface area contributed by atoms with E-state index in [4.69, 9.17) is 4.99 Å². The normalized spacial score (nSPS) is 24.3. The third-order valence-corrected chi connectivity index (χ3v) is 2.79. The minimum Gasteiger partial charge on any atom is -0.355 e. The van der Waals surface area contributed by atoms with Crippen LogP contribution < -0.4 is 10.6 Å². The Kier molecular flexibility index (Phi) is 1.42. The second-order valence-corrected chi connectivity index (χ2v) is 3.68. The summed E-state index contributed by atoms with van der Waals surface area (Å²) in [7, 11) is 0. The van der Waals surface area contributed by atoms with Crippen LogP contribution in [0.4, 0.5) is 0 Å². The number of rotatable bonds is 0. The minimum absolute atomic E-state index is 0.426. The maximum atomic E-state index is 4.70. The molecule has 0 spiro atoms. The highest BCUT2D eigenvalue weighted by atomic mass is 15.3. The minimum atomic E-state index is 0.426. The molecule has 2 heterocycles. The molecule has 2 aliphatic rings. The molecule has 0 amide bonds. The molecule has 0 aromatic heterocycles. The summed E-state index contributed by atoms with van der Waals surface area (Å²) < 4.78 is 0. The van der Waals surface area contributed by atoms with Crippen molar-refractivity contribution in [3.63, 3.8) is 0 Å². The molecule has 0 bridgehead atoms. The highest BCUT2D eigenvalue weighted by Gasteiger charge is 2.22. The first-order valence-corrected chi connectivity index (χ1v) is 4.84. The van der Waals surface area contributed by atoms with E-state index in [9.17, 15) is 0 Å². The van der Waals surface area contributed by atoms with Crippen LogP contribution in [0.3, 0.4) is 0 Å². The van der Waals surface area contributed by atoms with Gasteiger partial charge in [-0.1, -0.05) is 18.2 Å². The Labute approximate surface area is 77.2 Å². The van der Waals surface area contributed by atoms with Crippen LogP contribution in [0.5, 0.6) is 0 Å². The highest BCUT2D eigenvalue weighted by Crippen LogP contribution is 2.18. The quantitative estimate of drug-likeness (QED) is 0.556. The Morgan fingerprint density at radius 2 is 2.23 bits per heavy atom. The van der Waals surface area contributed by atoms with Crippen molar-refractivity contribution in [2.75, 3.05) is 6.54 Å². The van der Waals surface area contributed by atoms with Crippen molar-refractivity contribution in [2.45, 2.75) is 19.0 Å². The maximum Gasteiger partial charge on any atom is 0.121 e. The summed E-state index contributed by atoms with van der Waals surface area (Å²) in [5, 5.41) is 2.42. The lowest BCUT2D eigenvalue weighted by Crippen LogP contribution is -2.38. The highest BCUT2D eigenvalue weighted by molar-refractivity contribution is 5.26. The smallest absolute Gasteiger partial charge is 0.121 e. The second-order valence-electron chi connectivity index (χ2n) is 3.68. The van der Waals surface area contributed by atoms with Gasteiger partial charge in [0.2, 0.25) is 0 Å². The first kappa shape index (κ1) is 7.13. The fraction of sp³-hybridized carbons (Fsp3) is 0.364. The molecule has 2 heteroatoms. The van der Waals surface area contributed by atoms with Gasteiger partial charge in [-0.2, -0.15) is 0 Å². The van der Waals surface area contributed by atoms with Gasteiger partial charge in [0.1, 0.15) is 6.17 Å². The van der Waals surface area contributed by atoms with Gasteiger partial charge in [-0.3, -0.25) is 4.99 Å². The van der Waals surface area contributed by atoms with Crippen molar-refractivity contribution in [1.82, 2.24) is 4.90 Å². The fourth-order valence-corrected chi connectivity index (χ4v) is 2.11. The molecule has 0 N–H and O–H groups in total. The van der Waals surface area contributed by atoms with Crippen molar-refractivity contribution in [1.29, 1.82) is 0 Å². The Hall–Kier alpha value is -1.31. The zero-order valence-corrected chi connectivity index (χ0v) is 7.48. The van der Waals surface area contributed by atoms with Crippen LogP contribution >= 0.6 is 0 Å². The molecule has 1 unspecified atom stereocenters. The van der Waals surface area contributed by atoms with Gasteiger partial charge < -0.3 is 4.90 Å². The lowest BCUT2D eigenvalue weighted by atomic mass is 10.2. The molecule has 2 aliphatic heterocycles. The van der Waals surface area contributed by atoms with Gasteiger partial charge >= 0.3 is 0 Å². The van der Waals surface area contributed by atoms with E-state index in [-0.39, 0.29) is 0 Å². The van der Waals surface area contributed by atoms with Gasteiger partial charge in [0.15, 0.2) is 0 Å². The number of hydrogen-bond donors (Lipinski definition) is 0. The van der Waals surface area contributed by atoms with E-state index in [1.54, 1.807) is 0 Å². The van der Waals surface area contributed by atoms with Crippen molar-refractivity contribution in [3.05, 3.63) is 34.8 Å². The zero-order valence-electron chi connectivity index (χ0n) is 7.48. The lowest BCUT2D eigenvalue weighted by Gasteiger charge is -2.21. The van der Waals surface area contributed by atoms with Crippen LogP contribution in [-0.4, -0.2) is 17.6 Å². The molecule has 1 atom stereocenters. The van der Waals surface area contributed by atoms with Gasteiger partial charge in [-0.15, -0.1) is 0 Å². The SMILES string of the molecule is C1=c2ccccc2=NC2CCCN12. The van der Waals surface area contributed by atoms with E-state index in [2.05, 4.69) is 35.4 Å². The van der Waals surface area contributed by atoms with Crippen LogP contribution in [-0.2, 0) is 0 Å². The zero-order chi connectivity index (χ0) is 8.67. The summed E-state index contributed by atoms with van der Waals surface area (Å²) >= 11 is 0. The predicted octanol–water partition coefficient (Wildman–Crippen LogP) is 0.480. The van der Waals surface area contributed by atoms with Crippen LogP contribution in [0, 0.1) is 0 Å². The Morgan fingerprint density at radius 1 is 1.31 bits per heavy atom. The van der Waals surface area contributed by atoms with Crippen molar-refractivity contribution in [3.8, 4) is 0 Å². The second kappa shape index (κ2) is 2.59. The van der Waals surface area contributed by atoms with Gasteiger partial charge in [0, 0.05) is 18.0 Å². The molecule has 0 saturated carbocycles. The summed E-state index contributed by atoms with van der Waals surface area (Å²) in [5.41, 5.74) is 0. The van der Waals surface area contributed by atoms with Crippen LogP contribution in [0.1, 0.15) is 12.8 Å². The van der Waals surface area contributed by atoms with Gasteiger partial charge in [0.25, 0.3) is 0 Å². The molecule has 66 valence electrons. The molecule has 13 heavy (non-hydrogen) atoms. The average Bonchev–Trinajstić information content (AvgIpc) is 2.61. The molecule has 1 aromatic rings. The fourth-order valence-electron chi connectivity index (χ4n) is 2.11. The molecule has 3 rings (SSSR count). The first-order chi connectivity index (χ1) is 6.43. The summed E-state index contributed by atoms with van der Waals surface area (Å²) in [6.07, 6.45) is 5.17. The number of fused-ring (bicyclic) bond motifs is 2. The molecule has 1 aromatic carbocycles. The first-order valence-electron chi connectivity index (χ1n) is 4.84. The number of hydrogen-bond acceptors (Lipinski definition) is 2. The topological polar surface area (TPSA) is 15.6 Å². The van der Waals surface area contributed by atoms with Crippen molar-refractivity contribution < 1.29 is 0 Å². The van der Waals surface area contributed by atoms with E-state index in [1.165, 1.54) is 24.6 Å². The van der Waals surface area contributed by atoms with E-state index in [1.807, 2.05) is 0 Å². The molecule has 1 fully saturated rings. The molecular formula is C11H12N2. The summed E-state index contributed by atoms with van der Waals surface area (Å²) in [4.78, 5) is 7.05. The standard InChI is InChI=1S/C11H12N2/c1-2-5-10-9(4-1)8-13-7-3-6-11(13)12-10/h1-2,4-5,8,11H,3,6-7H2. The molecule has 0 radical (unpaired) electrons. The van der Waals surface area contributed by atoms with Crippen molar-refractivity contribution in [2.24, 2.45) is 4.99 Å². The van der Waals surface area contributed by atoms with Gasteiger partial charge in [-0.25, -0.2) is 0 Å². The third kappa shape index (κ3) is 1.05. The number of nitrogens with zero attached hydrogens (tertiary/aromatic N) is 2. The third-order valence-electron chi connectivity index (χ3n) is 2.79. The van der Waals surface area contributed by atoms with Crippen LogP contribution in [0.25, 0.3) is 6.20 Å². The van der Waals surface area contributed by atoms with Crippen molar-refractivity contribution >= 4 is 6.20 Å². The number of para-hydroxylation sites is 1. The molecule has 0 aliphatic carbocycles. The average molecular weight is 172 g/mol. The predicted molar refractivity (Wildman–Crippen MR) is 51.4 cm³/mol. The summed E-state index contributed by atoms with van der Waals surface area (Å²) in [5.74, 6) is 0. The Bertz CT molecular complexity index is 395. The van der Waals surface area contributed by atoms with E-state index in [0.717, 1.165) is 5.36 Å². The van der Waals surface area contributed by atoms with Gasteiger partial charge in [0.05, 0.1) is 5.36 Å². The molecule has 2 nitrogen and oxygen atoms in total. The van der Waals surface area contributed by atoms with E-state index in [0.29, 0.717) is 6.17 Å². The van der Waals surface area contributed by atoms with E-state index >= 15 is 0 Å².